The summed E-state index contributed by atoms with van der Waals surface area (Å²) in [6.07, 6.45) is 0.927. The maximum atomic E-state index is 12.9. The molecule has 0 bridgehead atoms. The Kier molecular flexibility index (Phi) is 13.7. The lowest BCUT2D eigenvalue weighted by Gasteiger charge is -2.25. The molecule has 0 fully saturated rings. The second-order valence-electron chi connectivity index (χ2n) is 7.75. The molecular weight excluding hydrogens is 456 g/mol. The molecule has 0 aliphatic rings. The molecule has 14 heteroatoms. The van der Waals surface area contributed by atoms with Crippen molar-refractivity contribution in [3.8, 4) is 0 Å². The van der Waals surface area contributed by atoms with E-state index < -0.39 is 66.1 Å². The van der Waals surface area contributed by atoms with Crippen LogP contribution in [0.4, 0.5) is 0 Å². The lowest BCUT2D eigenvalue weighted by atomic mass is 10.0. The summed E-state index contributed by atoms with van der Waals surface area (Å²) >= 11 is 1.38. The molecule has 0 radical (unpaired) electrons. The minimum atomic E-state index is -1.57. The topological polar surface area (TPSA) is 237 Å². The van der Waals surface area contributed by atoms with E-state index in [1.165, 1.54) is 11.8 Å². The van der Waals surface area contributed by atoms with Crippen LogP contribution < -0.4 is 33.2 Å². The third-order valence-corrected chi connectivity index (χ3v) is 5.24. The molecule has 0 aliphatic carbocycles. The second kappa shape index (κ2) is 15.1. The SMILES string of the molecule is CSCCC(NC(=O)C(CCC(N)=O)NC(=O)C(N)C(C)C)C(=O)NC(CC(N)=O)C(=O)O. The standard InChI is InChI=1S/C19H34N6O7S/c1-9(2)15(22)18(30)24-10(4-5-13(20)26)16(28)23-11(6-7-33-3)17(29)25-12(19(31)32)8-14(21)27/h9-12,15H,4-8,22H2,1-3H3,(H2,20,26)(H2,21,27)(H,23,28)(H,24,30)(H,25,29)(H,31,32). The summed E-state index contributed by atoms with van der Waals surface area (Å²) in [6.45, 7) is 3.44. The number of amides is 5. The Labute approximate surface area is 196 Å². The highest BCUT2D eigenvalue weighted by Crippen LogP contribution is 2.06. The number of thioether (sulfide) groups is 1. The molecule has 0 spiro atoms. The van der Waals surface area contributed by atoms with Gasteiger partial charge in [0.15, 0.2) is 0 Å². The summed E-state index contributed by atoms with van der Waals surface area (Å²) in [7, 11) is 0. The third-order valence-electron chi connectivity index (χ3n) is 4.60. The normalized spacial score (nSPS) is 14.5. The van der Waals surface area contributed by atoms with Crippen LogP contribution in [0.5, 0.6) is 0 Å². The van der Waals surface area contributed by atoms with Crippen LogP contribution in [0.1, 0.15) is 39.5 Å². The number of primary amides is 2. The highest BCUT2D eigenvalue weighted by Gasteiger charge is 2.31. The number of rotatable bonds is 16. The lowest BCUT2D eigenvalue weighted by molar-refractivity contribution is -0.143. The van der Waals surface area contributed by atoms with Crippen LogP contribution in [0, 0.1) is 5.92 Å². The van der Waals surface area contributed by atoms with Crippen molar-refractivity contribution in [1.82, 2.24) is 16.0 Å². The van der Waals surface area contributed by atoms with E-state index in [2.05, 4.69) is 16.0 Å². The van der Waals surface area contributed by atoms with E-state index in [0.29, 0.717) is 5.75 Å². The molecule has 10 N–H and O–H groups in total. The van der Waals surface area contributed by atoms with E-state index in [0.717, 1.165) is 0 Å². The predicted octanol–water partition coefficient (Wildman–Crippen LogP) is -2.60. The summed E-state index contributed by atoms with van der Waals surface area (Å²) in [5, 5.41) is 16.3. The molecule has 0 aromatic heterocycles. The van der Waals surface area contributed by atoms with E-state index in [4.69, 9.17) is 17.2 Å². The number of carbonyl (C=O) groups excluding carboxylic acids is 5. The van der Waals surface area contributed by atoms with Gasteiger partial charge in [-0.2, -0.15) is 11.8 Å². The quantitative estimate of drug-likeness (QED) is 0.120. The van der Waals surface area contributed by atoms with E-state index in [1.54, 1.807) is 20.1 Å². The number of aliphatic carboxylic acids is 1. The Morgan fingerprint density at radius 3 is 1.73 bits per heavy atom. The number of nitrogens with two attached hydrogens (primary N) is 3. The van der Waals surface area contributed by atoms with Gasteiger partial charge in [0.25, 0.3) is 0 Å². The van der Waals surface area contributed by atoms with Crippen molar-refractivity contribution in [2.75, 3.05) is 12.0 Å². The number of carboxylic acids is 1. The Hall–Kier alpha value is -2.87. The molecule has 4 atom stereocenters. The summed E-state index contributed by atoms with van der Waals surface area (Å²) in [6, 6.07) is -4.86. The van der Waals surface area contributed by atoms with Crippen molar-refractivity contribution in [3.05, 3.63) is 0 Å². The lowest BCUT2D eigenvalue weighted by Crippen LogP contribution is -2.58. The van der Waals surface area contributed by atoms with Gasteiger partial charge >= 0.3 is 5.97 Å². The second-order valence-corrected chi connectivity index (χ2v) is 8.73. The van der Waals surface area contributed by atoms with Gasteiger partial charge in [0.1, 0.15) is 18.1 Å². The van der Waals surface area contributed by atoms with Crippen molar-refractivity contribution < 1.29 is 33.9 Å². The number of carbonyl (C=O) groups is 6. The zero-order valence-electron chi connectivity index (χ0n) is 19.0. The maximum absolute atomic E-state index is 12.9. The molecule has 5 amide bonds. The van der Waals surface area contributed by atoms with Gasteiger partial charge in [0.2, 0.25) is 29.5 Å². The van der Waals surface area contributed by atoms with Crippen LogP contribution >= 0.6 is 11.8 Å². The van der Waals surface area contributed by atoms with Crippen LogP contribution in [0.25, 0.3) is 0 Å². The van der Waals surface area contributed by atoms with Gasteiger partial charge in [0, 0.05) is 6.42 Å². The fourth-order valence-corrected chi connectivity index (χ4v) is 3.05. The highest BCUT2D eigenvalue weighted by molar-refractivity contribution is 7.98. The Morgan fingerprint density at radius 2 is 1.30 bits per heavy atom. The van der Waals surface area contributed by atoms with Crippen LogP contribution in [-0.2, 0) is 28.8 Å². The first kappa shape index (κ1) is 30.1. The molecule has 188 valence electrons. The predicted molar refractivity (Wildman–Crippen MR) is 121 cm³/mol. The molecule has 0 saturated heterocycles. The summed E-state index contributed by atoms with van der Waals surface area (Å²) in [5.74, 6) is -5.11. The van der Waals surface area contributed by atoms with Crippen molar-refractivity contribution >= 4 is 47.3 Å². The van der Waals surface area contributed by atoms with Crippen LogP contribution in [0.2, 0.25) is 0 Å². The fourth-order valence-electron chi connectivity index (χ4n) is 2.58. The minimum absolute atomic E-state index is 0.129. The number of hydrogen-bond donors (Lipinski definition) is 7. The molecule has 4 unspecified atom stereocenters. The Morgan fingerprint density at radius 1 is 0.818 bits per heavy atom. The fraction of sp³-hybridized carbons (Fsp3) is 0.684. The number of hydrogen-bond acceptors (Lipinski definition) is 8. The van der Waals surface area contributed by atoms with Gasteiger partial charge in [-0.25, -0.2) is 4.79 Å². The van der Waals surface area contributed by atoms with Crippen molar-refractivity contribution in [3.63, 3.8) is 0 Å². The average Bonchev–Trinajstić information content (AvgIpc) is 2.71. The van der Waals surface area contributed by atoms with Gasteiger partial charge in [-0.05, 0) is 30.8 Å². The van der Waals surface area contributed by atoms with Crippen molar-refractivity contribution in [1.29, 1.82) is 0 Å². The zero-order chi connectivity index (χ0) is 25.7. The van der Waals surface area contributed by atoms with Crippen molar-refractivity contribution in [2.24, 2.45) is 23.1 Å². The van der Waals surface area contributed by atoms with E-state index >= 15 is 0 Å². The highest BCUT2D eigenvalue weighted by atomic mass is 32.2. The molecular formula is C19H34N6O7S. The number of carboxylic acid groups (broad SMARTS) is 1. The molecule has 0 rings (SSSR count). The first-order valence-electron chi connectivity index (χ1n) is 10.2. The number of nitrogens with one attached hydrogen (secondary N) is 3. The Balaban J connectivity index is 5.54. The van der Waals surface area contributed by atoms with E-state index in [1.807, 2.05) is 0 Å². The largest absolute Gasteiger partial charge is 0.480 e. The van der Waals surface area contributed by atoms with E-state index in [9.17, 15) is 33.9 Å². The maximum Gasteiger partial charge on any atom is 0.326 e. The van der Waals surface area contributed by atoms with Gasteiger partial charge in [-0.15, -0.1) is 0 Å². The van der Waals surface area contributed by atoms with Crippen LogP contribution in [0.3, 0.4) is 0 Å². The van der Waals surface area contributed by atoms with Gasteiger partial charge in [-0.3, -0.25) is 24.0 Å². The zero-order valence-corrected chi connectivity index (χ0v) is 19.8. The van der Waals surface area contributed by atoms with Crippen LogP contribution in [-0.4, -0.2) is 76.8 Å². The Bertz CT molecular complexity index is 733. The molecule has 0 aromatic rings. The molecule has 33 heavy (non-hydrogen) atoms. The average molecular weight is 491 g/mol. The van der Waals surface area contributed by atoms with Gasteiger partial charge < -0.3 is 38.3 Å². The summed E-state index contributed by atoms with van der Waals surface area (Å²) in [5.41, 5.74) is 16.0. The summed E-state index contributed by atoms with van der Waals surface area (Å²) < 4.78 is 0. The third kappa shape index (κ3) is 12.1. The summed E-state index contributed by atoms with van der Waals surface area (Å²) in [4.78, 5) is 71.4. The van der Waals surface area contributed by atoms with Gasteiger partial charge in [-0.1, -0.05) is 13.8 Å². The molecule has 13 nitrogen and oxygen atoms in total. The van der Waals surface area contributed by atoms with Gasteiger partial charge in [0.05, 0.1) is 12.5 Å². The van der Waals surface area contributed by atoms with Crippen LogP contribution in [0.15, 0.2) is 0 Å². The minimum Gasteiger partial charge on any atom is -0.480 e. The van der Waals surface area contributed by atoms with E-state index in [-0.39, 0.29) is 25.2 Å². The monoisotopic (exact) mass is 490 g/mol. The van der Waals surface area contributed by atoms with Crippen molar-refractivity contribution in [2.45, 2.75) is 63.7 Å². The molecule has 0 heterocycles. The first-order valence-corrected chi connectivity index (χ1v) is 11.6. The first-order chi connectivity index (χ1) is 15.3. The smallest absolute Gasteiger partial charge is 0.326 e. The molecule has 0 saturated carbocycles. The molecule has 0 aromatic carbocycles. The molecule has 0 aliphatic heterocycles.